The maximum atomic E-state index is 13.5. The van der Waals surface area contributed by atoms with E-state index >= 15 is 0 Å². The van der Waals surface area contributed by atoms with Crippen molar-refractivity contribution in [3.8, 4) is 16.9 Å². The molecule has 8 nitrogen and oxygen atoms in total. The molecule has 2 aromatic carbocycles. The van der Waals surface area contributed by atoms with Crippen LogP contribution in [0.2, 0.25) is 0 Å². The molecule has 1 saturated heterocycles. The number of rotatable bonds is 4. The van der Waals surface area contributed by atoms with E-state index in [4.69, 9.17) is 5.11 Å². The molecule has 0 unspecified atom stereocenters. The van der Waals surface area contributed by atoms with Gasteiger partial charge in [0.15, 0.2) is 11.5 Å². The van der Waals surface area contributed by atoms with Crippen LogP contribution >= 0.6 is 0 Å². The van der Waals surface area contributed by atoms with Crippen LogP contribution in [0.25, 0.3) is 11.1 Å². The predicted molar refractivity (Wildman–Crippen MR) is 129 cm³/mol. The Morgan fingerprint density at radius 3 is 2.21 bits per heavy atom. The van der Waals surface area contributed by atoms with Gasteiger partial charge in [-0.25, -0.2) is 4.79 Å². The lowest BCUT2D eigenvalue weighted by molar-refractivity contribution is 0.0687. The Hall–Kier alpha value is -3.94. The summed E-state index contributed by atoms with van der Waals surface area (Å²) in [6, 6.07) is 16.0. The molecule has 1 fully saturated rings. The summed E-state index contributed by atoms with van der Waals surface area (Å²) in [4.78, 5) is 28.3. The molecule has 3 aromatic rings. The van der Waals surface area contributed by atoms with Gasteiger partial charge < -0.3 is 20.0 Å². The third-order valence-corrected chi connectivity index (χ3v) is 5.99. The van der Waals surface area contributed by atoms with Crippen LogP contribution in [0.15, 0.2) is 54.6 Å². The summed E-state index contributed by atoms with van der Waals surface area (Å²) in [5, 5.41) is 26.7. The number of carbonyl (C=O) groups is 2. The summed E-state index contributed by atoms with van der Waals surface area (Å²) in [6.45, 7) is 8.51. The standard InChI is InChI=1S/C26H28N4O4/c1-26(2,3)20-14-18(17-5-4-6-21(31)16-17)13-19(15-20)24(32)30-11-9-29(10-12-30)23-8-7-22(25(33)34)27-28-23/h4-8,13-16,31H,9-12H2,1-3H3,(H,33,34). The van der Waals surface area contributed by atoms with Gasteiger partial charge in [0.2, 0.25) is 0 Å². The van der Waals surface area contributed by atoms with Crippen LogP contribution in [-0.4, -0.2) is 63.4 Å². The number of aromatic hydroxyl groups is 1. The maximum Gasteiger partial charge on any atom is 0.356 e. The fourth-order valence-electron chi connectivity index (χ4n) is 3.97. The van der Waals surface area contributed by atoms with E-state index in [0.717, 1.165) is 16.7 Å². The average molecular weight is 461 g/mol. The molecule has 1 aliphatic rings. The number of hydrogen-bond donors (Lipinski definition) is 2. The van der Waals surface area contributed by atoms with Gasteiger partial charge in [-0.1, -0.05) is 39.0 Å². The molecule has 8 heteroatoms. The minimum atomic E-state index is -1.11. The quantitative estimate of drug-likeness (QED) is 0.610. The van der Waals surface area contributed by atoms with E-state index in [-0.39, 0.29) is 22.8 Å². The highest BCUT2D eigenvalue weighted by Gasteiger charge is 2.25. The Kier molecular flexibility index (Phi) is 6.24. The third-order valence-electron chi connectivity index (χ3n) is 5.99. The molecule has 1 amide bonds. The van der Waals surface area contributed by atoms with Crippen LogP contribution in [0, 0.1) is 0 Å². The molecule has 4 rings (SSSR count). The van der Waals surface area contributed by atoms with Crippen LogP contribution < -0.4 is 4.90 Å². The van der Waals surface area contributed by atoms with Crippen molar-refractivity contribution >= 4 is 17.7 Å². The van der Waals surface area contributed by atoms with Gasteiger partial charge in [0.25, 0.3) is 5.91 Å². The van der Waals surface area contributed by atoms with Crippen LogP contribution in [0.3, 0.4) is 0 Å². The lowest BCUT2D eigenvalue weighted by atomic mass is 9.84. The van der Waals surface area contributed by atoms with Gasteiger partial charge in [0.1, 0.15) is 5.75 Å². The zero-order chi connectivity index (χ0) is 24.5. The van der Waals surface area contributed by atoms with Crippen LogP contribution in [0.4, 0.5) is 5.82 Å². The van der Waals surface area contributed by atoms with Gasteiger partial charge in [-0.2, -0.15) is 0 Å². The SMILES string of the molecule is CC(C)(C)c1cc(C(=O)N2CCN(c3ccc(C(=O)O)nn3)CC2)cc(-c2cccc(O)c2)c1. The van der Waals surface area contributed by atoms with Crippen LogP contribution in [0.1, 0.15) is 47.2 Å². The van der Waals surface area contributed by atoms with Crippen molar-refractivity contribution in [3.05, 3.63) is 71.4 Å². The monoisotopic (exact) mass is 460 g/mol. The predicted octanol–water partition coefficient (Wildman–Crippen LogP) is 3.81. The number of phenolic OH excluding ortho intramolecular Hbond substituents is 1. The number of benzene rings is 2. The highest BCUT2D eigenvalue weighted by Crippen LogP contribution is 2.31. The summed E-state index contributed by atoms with van der Waals surface area (Å²) in [5.41, 5.74) is 3.15. The van der Waals surface area contributed by atoms with Crippen LogP contribution in [-0.2, 0) is 5.41 Å². The van der Waals surface area contributed by atoms with E-state index in [1.54, 1.807) is 24.3 Å². The molecule has 0 aliphatic carbocycles. The van der Waals surface area contributed by atoms with E-state index < -0.39 is 5.97 Å². The molecule has 2 N–H and O–H groups in total. The number of aromatic carboxylic acids is 1. The van der Waals surface area contributed by atoms with E-state index in [2.05, 4.69) is 37.0 Å². The van der Waals surface area contributed by atoms with Crippen molar-refractivity contribution in [1.29, 1.82) is 0 Å². The van der Waals surface area contributed by atoms with Crippen molar-refractivity contribution in [2.45, 2.75) is 26.2 Å². The first-order valence-corrected chi connectivity index (χ1v) is 11.2. The van der Waals surface area contributed by atoms with Crippen molar-refractivity contribution in [2.24, 2.45) is 0 Å². The average Bonchev–Trinajstić information content (AvgIpc) is 2.83. The Morgan fingerprint density at radius 2 is 1.62 bits per heavy atom. The number of hydrogen-bond acceptors (Lipinski definition) is 6. The Labute approximate surface area is 198 Å². The lowest BCUT2D eigenvalue weighted by Crippen LogP contribution is -2.49. The summed E-state index contributed by atoms with van der Waals surface area (Å²) in [6.07, 6.45) is 0. The second kappa shape index (κ2) is 9.13. The molecule has 0 atom stereocenters. The normalized spacial score (nSPS) is 14.2. The zero-order valence-corrected chi connectivity index (χ0v) is 19.5. The van der Waals surface area contributed by atoms with E-state index in [1.165, 1.54) is 6.07 Å². The number of phenols is 1. The molecule has 176 valence electrons. The lowest BCUT2D eigenvalue weighted by Gasteiger charge is -2.35. The third kappa shape index (κ3) is 5.01. The van der Waals surface area contributed by atoms with Gasteiger partial charge in [0, 0.05) is 31.7 Å². The number of piperazine rings is 1. The molecule has 34 heavy (non-hydrogen) atoms. The molecule has 0 spiro atoms. The van der Waals surface area contributed by atoms with Crippen molar-refractivity contribution in [1.82, 2.24) is 15.1 Å². The Bertz CT molecular complexity index is 1210. The first-order chi connectivity index (χ1) is 16.1. The number of carboxylic acid groups (broad SMARTS) is 1. The molecule has 1 aliphatic heterocycles. The molecular formula is C26H28N4O4. The smallest absolute Gasteiger partial charge is 0.356 e. The van der Waals surface area contributed by atoms with Gasteiger partial charge in [0.05, 0.1) is 0 Å². The zero-order valence-electron chi connectivity index (χ0n) is 19.5. The molecule has 0 saturated carbocycles. The first kappa shape index (κ1) is 23.2. The molecular weight excluding hydrogens is 432 g/mol. The second-order valence-corrected chi connectivity index (χ2v) is 9.46. The number of anilines is 1. The molecule has 0 radical (unpaired) electrons. The number of nitrogens with zero attached hydrogens (tertiary/aromatic N) is 4. The fraction of sp³-hybridized carbons (Fsp3) is 0.308. The number of carbonyl (C=O) groups excluding carboxylic acids is 1. The summed E-state index contributed by atoms with van der Waals surface area (Å²) in [7, 11) is 0. The van der Waals surface area contributed by atoms with E-state index in [9.17, 15) is 14.7 Å². The Morgan fingerprint density at radius 1 is 0.882 bits per heavy atom. The highest BCUT2D eigenvalue weighted by molar-refractivity contribution is 5.96. The van der Waals surface area contributed by atoms with Crippen LogP contribution in [0.5, 0.6) is 5.75 Å². The van der Waals surface area contributed by atoms with Gasteiger partial charge in [-0.3, -0.25) is 4.79 Å². The Balaban J connectivity index is 1.54. The minimum absolute atomic E-state index is 0.0422. The van der Waals surface area contributed by atoms with Crippen molar-refractivity contribution in [2.75, 3.05) is 31.1 Å². The van der Waals surface area contributed by atoms with E-state index in [1.807, 2.05) is 28.0 Å². The van der Waals surface area contributed by atoms with Gasteiger partial charge in [-0.15, -0.1) is 10.2 Å². The summed E-state index contributed by atoms with van der Waals surface area (Å²) in [5.74, 6) is -0.378. The summed E-state index contributed by atoms with van der Waals surface area (Å²) < 4.78 is 0. The maximum absolute atomic E-state index is 13.5. The topological polar surface area (TPSA) is 107 Å². The molecule has 2 heterocycles. The van der Waals surface area contributed by atoms with Crippen molar-refractivity contribution < 1.29 is 19.8 Å². The fourth-order valence-corrected chi connectivity index (χ4v) is 3.97. The highest BCUT2D eigenvalue weighted by atomic mass is 16.4. The number of carboxylic acids is 1. The van der Waals surface area contributed by atoms with Crippen molar-refractivity contribution in [3.63, 3.8) is 0 Å². The number of aromatic nitrogens is 2. The number of amides is 1. The second-order valence-electron chi connectivity index (χ2n) is 9.46. The van der Waals surface area contributed by atoms with Gasteiger partial charge >= 0.3 is 5.97 Å². The summed E-state index contributed by atoms with van der Waals surface area (Å²) >= 11 is 0. The minimum Gasteiger partial charge on any atom is -0.508 e. The molecule has 0 bridgehead atoms. The van der Waals surface area contributed by atoms with E-state index in [0.29, 0.717) is 37.6 Å². The largest absolute Gasteiger partial charge is 0.508 e. The molecule has 1 aromatic heterocycles. The van der Waals surface area contributed by atoms with Gasteiger partial charge in [-0.05, 0) is 58.5 Å². The first-order valence-electron chi connectivity index (χ1n) is 11.2.